The zero-order valence-corrected chi connectivity index (χ0v) is 21.5. The Labute approximate surface area is 213 Å². The third-order valence-corrected chi connectivity index (χ3v) is 7.77. The van der Waals surface area contributed by atoms with Crippen LogP contribution in [0.4, 0.5) is 11.4 Å². The summed E-state index contributed by atoms with van der Waals surface area (Å²) in [5, 5.41) is 15.5. The molecular weight excluding hydrogens is 508 g/mol. The van der Waals surface area contributed by atoms with Gasteiger partial charge in [-0.3, -0.25) is 10.1 Å². The molecule has 3 aromatic rings. The fourth-order valence-corrected chi connectivity index (χ4v) is 5.92. The van der Waals surface area contributed by atoms with Gasteiger partial charge in [0.2, 0.25) is 0 Å². The molecular formula is C28H27BrN2O4. The first-order valence-electron chi connectivity index (χ1n) is 11.6. The lowest BCUT2D eigenvalue weighted by Crippen LogP contribution is -2.30. The van der Waals surface area contributed by atoms with E-state index in [9.17, 15) is 10.1 Å². The maximum atomic E-state index is 12.0. The number of fused-ring (bicyclic) bond motifs is 3. The largest absolute Gasteiger partial charge is 0.493 e. The molecule has 35 heavy (non-hydrogen) atoms. The lowest BCUT2D eigenvalue weighted by molar-refractivity contribution is -0.384. The maximum Gasteiger partial charge on any atom is 0.292 e. The van der Waals surface area contributed by atoms with Gasteiger partial charge >= 0.3 is 0 Å². The van der Waals surface area contributed by atoms with Gasteiger partial charge in [-0.05, 0) is 82.1 Å². The van der Waals surface area contributed by atoms with Gasteiger partial charge in [-0.25, -0.2) is 0 Å². The van der Waals surface area contributed by atoms with Crippen molar-refractivity contribution in [2.45, 2.75) is 38.8 Å². The van der Waals surface area contributed by atoms with E-state index in [0.29, 0.717) is 23.8 Å². The fourth-order valence-electron chi connectivity index (χ4n) is 5.34. The number of ether oxygens (including phenoxy) is 2. The van der Waals surface area contributed by atoms with Gasteiger partial charge in [0.15, 0.2) is 11.5 Å². The molecule has 0 saturated carbocycles. The van der Waals surface area contributed by atoms with Gasteiger partial charge in [0, 0.05) is 12.0 Å². The molecule has 3 aromatic carbocycles. The normalized spacial score (nSPS) is 20.1. The molecule has 7 heteroatoms. The second-order valence-corrected chi connectivity index (χ2v) is 10.0. The van der Waals surface area contributed by atoms with E-state index in [-0.39, 0.29) is 28.5 Å². The van der Waals surface area contributed by atoms with Crippen LogP contribution < -0.4 is 14.8 Å². The minimum Gasteiger partial charge on any atom is -0.493 e. The predicted octanol–water partition coefficient (Wildman–Crippen LogP) is 7.39. The molecule has 0 radical (unpaired) electrons. The Hall–Kier alpha value is -3.32. The van der Waals surface area contributed by atoms with Crippen molar-refractivity contribution in [1.82, 2.24) is 0 Å². The number of nitrogens with zero attached hydrogens (tertiary/aromatic N) is 1. The Kier molecular flexibility index (Phi) is 6.28. The number of benzene rings is 3. The van der Waals surface area contributed by atoms with Crippen molar-refractivity contribution in [2.75, 3.05) is 12.4 Å². The van der Waals surface area contributed by atoms with Crippen LogP contribution in [0.2, 0.25) is 0 Å². The number of allylic oxidation sites excluding steroid dienone is 2. The highest BCUT2D eigenvalue weighted by Crippen LogP contribution is 2.54. The van der Waals surface area contributed by atoms with Crippen molar-refractivity contribution in [1.29, 1.82) is 0 Å². The van der Waals surface area contributed by atoms with Gasteiger partial charge < -0.3 is 14.8 Å². The average molecular weight is 535 g/mol. The first-order chi connectivity index (χ1) is 16.9. The van der Waals surface area contributed by atoms with E-state index in [2.05, 4.69) is 40.3 Å². The summed E-state index contributed by atoms with van der Waals surface area (Å²) in [5.74, 6) is 1.62. The average Bonchev–Trinajstić information content (AvgIpc) is 3.34. The molecule has 1 heterocycles. The van der Waals surface area contributed by atoms with Crippen molar-refractivity contribution in [3.8, 4) is 11.5 Å². The van der Waals surface area contributed by atoms with Crippen LogP contribution in [-0.2, 0) is 6.61 Å². The predicted molar refractivity (Wildman–Crippen MR) is 140 cm³/mol. The molecule has 1 N–H and O–H groups in total. The van der Waals surface area contributed by atoms with Crippen LogP contribution in [0.5, 0.6) is 11.5 Å². The molecule has 0 aromatic heterocycles. The van der Waals surface area contributed by atoms with E-state index in [4.69, 9.17) is 9.47 Å². The van der Waals surface area contributed by atoms with E-state index < -0.39 is 0 Å². The van der Waals surface area contributed by atoms with E-state index in [0.717, 1.165) is 38.7 Å². The van der Waals surface area contributed by atoms with Crippen LogP contribution in [0.25, 0.3) is 0 Å². The maximum absolute atomic E-state index is 12.0. The first-order valence-corrected chi connectivity index (χ1v) is 12.4. The van der Waals surface area contributed by atoms with Gasteiger partial charge in [0.05, 0.1) is 22.5 Å². The van der Waals surface area contributed by atoms with Gasteiger partial charge in [-0.1, -0.05) is 42.5 Å². The number of methoxy groups -OCH3 is 1. The second kappa shape index (κ2) is 9.38. The standard InChI is InChI=1S/C28H27BrN2O4/c1-16-12-23(31(32)33)27-25(17(16)2)20-10-7-11-21(20)26(30-27)19-13-22(29)28(24(14-19)34-3)35-15-18-8-5-4-6-9-18/h4-10,12-14,20-21,26,30H,11,15H2,1-3H3/t20-,21-,26-/m0/s1. The van der Waals surface area contributed by atoms with Crippen molar-refractivity contribution in [3.05, 3.63) is 103 Å². The Morgan fingerprint density at radius 1 is 1.17 bits per heavy atom. The lowest BCUT2D eigenvalue weighted by atomic mass is 9.74. The number of rotatable bonds is 6. The number of anilines is 1. The number of aryl methyl sites for hydroxylation is 1. The van der Waals surface area contributed by atoms with Crippen LogP contribution in [0.3, 0.4) is 0 Å². The molecule has 1 aliphatic carbocycles. The summed E-state index contributed by atoms with van der Waals surface area (Å²) in [6.07, 6.45) is 5.29. The number of nitro benzene ring substituents is 1. The highest BCUT2D eigenvalue weighted by atomic mass is 79.9. The van der Waals surface area contributed by atoms with Crippen LogP contribution >= 0.6 is 15.9 Å². The number of halogens is 1. The lowest BCUT2D eigenvalue weighted by Gasteiger charge is -2.38. The van der Waals surface area contributed by atoms with Crippen molar-refractivity contribution >= 4 is 27.3 Å². The molecule has 0 saturated heterocycles. The molecule has 0 fully saturated rings. The number of hydrogen-bond acceptors (Lipinski definition) is 5. The third-order valence-electron chi connectivity index (χ3n) is 7.18. The Bertz CT molecular complexity index is 1320. The zero-order valence-electron chi connectivity index (χ0n) is 19.9. The van der Waals surface area contributed by atoms with E-state index in [1.165, 1.54) is 0 Å². The SMILES string of the molecule is COc1cc([C@@H]2Nc3c([N+](=O)[O-])cc(C)c(C)c3[C@H]3C=CC[C@@H]32)cc(Br)c1OCc1ccccc1. The molecule has 2 aliphatic rings. The number of nitrogens with one attached hydrogen (secondary N) is 1. The minimum atomic E-state index is -0.286. The molecule has 1 aliphatic heterocycles. The van der Waals surface area contributed by atoms with Crippen molar-refractivity contribution in [3.63, 3.8) is 0 Å². The Balaban J connectivity index is 1.54. The summed E-state index contributed by atoms with van der Waals surface area (Å²) in [6.45, 7) is 4.42. The van der Waals surface area contributed by atoms with Gasteiger partial charge in [-0.15, -0.1) is 0 Å². The van der Waals surface area contributed by atoms with E-state index in [1.807, 2.05) is 49.4 Å². The van der Waals surface area contributed by atoms with Gasteiger partial charge in [0.1, 0.15) is 12.3 Å². The summed E-state index contributed by atoms with van der Waals surface area (Å²) in [6, 6.07) is 15.5. The van der Waals surface area contributed by atoms with E-state index in [1.54, 1.807) is 13.2 Å². The molecule has 0 unspecified atom stereocenters. The molecule has 3 atom stereocenters. The quantitative estimate of drug-likeness (QED) is 0.202. The molecule has 6 nitrogen and oxygen atoms in total. The highest BCUT2D eigenvalue weighted by molar-refractivity contribution is 9.10. The zero-order chi connectivity index (χ0) is 24.7. The fraction of sp³-hybridized carbons (Fsp3) is 0.286. The van der Waals surface area contributed by atoms with Crippen LogP contribution in [0.15, 0.2) is 65.2 Å². The van der Waals surface area contributed by atoms with Gasteiger partial charge in [-0.2, -0.15) is 0 Å². The second-order valence-electron chi connectivity index (χ2n) is 9.17. The first kappa shape index (κ1) is 23.4. The summed E-state index contributed by atoms with van der Waals surface area (Å²) < 4.78 is 12.6. The molecule has 0 bridgehead atoms. The molecule has 5 rings (SSSR count). The molecule has 180 valence electrons. The van der Waals surface area contributed by atoms with Gasteiger partial charge in [0.25, 0.3) is 5.69 Å². The van der Waals surface area contributed by atoms with Crippen LogP contribution in [0.1, 0.15) is 46.2 Å². The Morgan fingerprint density at radius 3 is 2.66 bits per heavy atom. The van der Waals surface area contributed by atoms with Crippen molar-refractivity contribution in [2.24, 2.45) is 5.92 Å². The molecule has 0 amide bonds. The number of nitro groups is 1. The topological polar surface area (TPSA) is 73.6 Å². The van der Waals surface area contributed by atoms with Crippen molar-refractivity contribution < 1.29 is 14.4 Å². The minimum absolute atomic E-state index is 0.114. The highest BCUT2D eigenvalue weighted by Gasteiger charge is 2.42. The summed E-state index contributed by atoms with van der Waals surface area (Å²) in [4.78, 5) is 11.7. The third kappa shape index (κ3) is 4.18. The van der Waals surface area contributed by atoms with Crippen LogP contribution in [-0.4, -0.2) is 12.0 Å². The molecule has 0 spiro atoms. The summed E-state index contributed by atoms with van der Waals surface area (Å²) >= 11 is 3.69. The Morgan fingerprint density at radius 2 is 1.94 bits per heavy atom. The number of hydrogen-bond donors (Lipinski definition) is 1. The van der Waals surface area contributed by atoms with Crippen LogP contribution in [0, 0.1) is 29.9 Å². The summed E-state index contributed by atoms with van der Waals surface area (Å²) in [7, 11) is 1.63. The van der Waals surface area contributed by atoms with E-state index >= 15 is 0 Å². The monoisotopic (exact) mass is 534 g/mol. The smallest absolute Gasteiger partial charge is 0.292 e. The summed E-state index contributed by atoms with van der Waals surface area (Å²) in [5.41, 5.74) is 5.91.